The van der Waals surface area contributed by atoms with Crippen molar-refractivity contribution in [1.82, 2.24) is 10.6 Å². The van der Waals surface area contributed by atoms with E-state index in [2.05, 4.69) is 5.32 Å². The van der Waals surface area contributed by atoms with E-state index >= 15 is 0 Å². The van der Waals surface area contributed by atoms with Crippen LogP contribution in [0.2, 0.25) is 5.02 Å². The summed E-state index contributed by atoms with van der Waals surface area (Å²) >= 11 is 5.84. The third kappa shape index (κ3) is 8.74. The second-order valence-electron chi connectivity index (χ2n) is 6.66. The van der Waals surface area contributed by atoms with Crippen molar-refractivity contribution in [2.24, 2.45) is 0 Å². The van der Waals surface area contributed by atoms with Crippen LogP contribution in [0.5, 0.6) is 0 Å². The maximum atomic E-state index is 11.9. The maximum absolute atomic E-state index is 11.9. The first-order valence-electron chi connectivity index (χ1n) is 7.79. The summed E-state index contributed by atoms with van der Waals surface area (Å²) in [7, 11) is -3.80. The first-order valence-corrected chi connectivity index (χ1v) is 10.0. The van der Waals surface area contributed by atoms with Crippen LogP contribution in [0, 0.1) is 0 Å². The number of carbonyl (C=O) groups excluding carboxylic acids is 3. The second kappa shape index (κ2) is 9.05. The lowest BCUT2D eigenvalue weighted by atomic mass is 10.1. The normalized spacial score (nSPS) is 11.4. The average molecular weight is 420 g/mol. The molecule has 0 bridgehead atoms. The molecule has 0 heterocycles. The molecule has 0 radical (unpaired) electrons. The van der Waals surface area contributed by atoms with Crippen molar-refractivity contribution in [2.75, 3.05) is 23.7 Å². The van der Waals surface area contributed by atoms with Gasteiger partial charge in [0.25, 0.3) is 5.91 Å². The number of halogens is 1. The van der Waals surface area contributed by atoms with Gasteiger partial charge in [0.1, 0.15) is 6.54 Å². The molecule has 1 aromatic carbocycles. The Morgan fingerprint density at radius 3 is 2.37 bits per heavy atom. The minimum Gasteiger partial charge on any atom is -0.454 e. The molecule has 1 rings (SSSR count). The standard InChI is InChI=1S/C16H22ClN3O6S/c1-16(2,3)19-15(23)18-13(21)10-26-14(22)9-20(27(4,24)25)12-7-5-6-11(17)8-12/h5-8H,9-10H2,1-4H3,(H2,18,19,21,23). The monoisotopic (exact) mass is 419 g/mol. The molecular weight excluding hydrogens is 398 g/mol. The fraction of sp³-hybridized carbons (Fsp3) is 0.438. The zero-order chi connectivity index (χ0) is 20.8. The number of sulfonamides is 1. The van der Waals surface area contributed by atoms with Gasteiger partial charge in [-0.1, -0.05) is 17.7 Å². The zero-order valence-electron chi connectivity index (χ0n) is 15.4. The molecule has 0 aromatic heterocycles. The molecule has 0 saturated carbocycles. The van der Waals surface area contributed by atoms with E-state index in [4.69, 9.17) is 16.3 Å². The molecule has 3 amide bonds. The maximum Gasteiger partial charge on any atom is 0.327 e. The Morgan fingerprint density at radius 2 is 1.85 bits per heavy atom. The summed E-state index contributed by atoms with van der Waals surface area (Å²) in [6.45, 7) is 3.80. The minimum atomic E-state index is -3.80. The Kier molecular flexibility index (Phi) is 7.61. The number of imide groups is 1. The van der Waals surface area contributed by atoms with Crippen LogP contribution < -0.4 is 14.9 Å². The highest BCUT2D eigenvalue weighted by Gasteiger charge is 2.23. The SMILES string of the molecule is CC(C)(C)NC(=O)NC(=O)COC(=O)CN(c1cccc(Cl)c1)S(C)(=O)=O. The van der Waals surface area contributed by atoms with Gasteiger partial charge in [-0.3, -0.25) is 19.2 Å². The van der Waals surface area contributed by atoms with Crippen LogP contribution in [0.4, 0.5) is 10.5 Å². The summed E-state index contributed by atoms with van der Waals surface area (Å²) in [5, 5.41) is 4.79. The lowest BCUT2D eigenvalue weighted by Gasteiger charge is -2.22. The number of ether oxygens (including phenoxy) is 1. The van der Waals surface area contributed by atoms with Crippen LogP contribution in [0.15, 0.2) is 24.3 Å². The van der Waals surface area contributed by atoms with E-state index in [1.807, 2.05) is 5.32 Å². The summed E-state index contributed by atoms with van der Waals surface area (Å²) in [5.74, 6) is -1.81. The molecular formula is C16H22ClN3O6S. The number of benzene rings is 1. The number of anilines is 1. The predicted octanol–water partition coefficient (Wildman–Crippen LogP) is 1.27. The van der Waals surface area contributed by atoms with E-state index in [-0.39, 0.29) is 5.69 Å². The summed E-state index contributed by atoms with van der Waals surface area (Å²) in [4.78, 5) is 35.1. The van der Waals surface area contributed by atoms with Crippen molar-refractivity contribution < 1.29 is 27.5 Å². The van der Waals surface area contributed by atoms with Crippen molar-refractivity contribution in [1.29, 1.82) is 0 Å². The number of urea groups is 1. The number of esters is 1. The van der Waals surface area contributed by atoms with Gasteiger partial charge in [-0.05, 0) is 39.0 Å². The number of hydrogen-bond donors (Lipinski definition) is 2. The number of nitrogens with one attached hydrogen (secondary N) is 2. The van der Waals surface area contributed by atoms with E-state index in [1.165, 1.54) is 18.2 Å². The van der Waals surface area contributed by atoms with E-state index in [9.17, 15) is 22.8 Å². The number of amides is 3. The average Bonchev–Trinajstić information content (AvgIpc) is 2.47. The van der Waals surface area contributed by atoms with Gasteiger partial charge in [0.15, 0.2) is 6.61 Å². The number of hydrogen-bond acceptors (Lipinski definition) is 6. The van der Waals surface area contributed by atoms with Gasteiger partial charge in [0, 0.05) is 10.6 Å². The molecule has 11 heteroatoms. The van der Waals surface area contributed by atoms with Crippen molar-refractivity contribution in [2.45, 2.75) is 26.3 Å². The molecule has 0 unspecified atom stereocenters. The summed E-state index contributed by atoms with van der Waals surface area (Å²) in [5.41, 5.74) is -0.371. The van der Waals surface area contributed by atoms with E-state index in [0.717, 1.165) is 10.6 Å². The summed E-state index contributed by atoms with van der Waals surface area (Å²) in [6, 6.07) is 5.18. The second-order valence-corrected chi connectivity index (χ2v) is 9.01. The highest BCUT2D eigenvalue weighted by molar-refractivity contribution is 7.92. The quantitative estimate of drug-likeness (QED) is 0.669. The first kappa shape index (κ1) is 22.7. The minimum absolute atomic E-state index is 0.177. The van der Waals surface area contributed by atoms with E-state index < -0.39 is 46.6 Å². The highest BCUT2D eigenvalue weighted by atomic mass is 35.5. The number of nitrogens with zero attached hydrogens (tertiary/aromatic N) is 1. The molecule has 0 aliphatic heterocycles. The molecule has 0 atom stereocenters. The Balaban J connectivity index is 2.65. The Labute approximate surface area is 163 Å². The smallest absolute Gasteiger partial charge is 0.327 e. The molecule has 0 aliphatic carbocycles. The molecule has 27 heavy (non-hydrogen) atoms. The van der Waals surface area contributed by atoms with Crippen molar-refractivity contribution in [3.05, 3.63) is 29.3 Å². The predicted molar refractivity (Wildman–Crippen MR) is 101 cm³/mol. The van der Waals surface area contributed by atoms with E-state index in [0.29, 0.717) is 5.02 Å². The van der Waals surface area contributed by atoms with Crippen LogP contribution >= 0.6 is 11.6 Å². The number of carbonyl (C=O) groups is 3. The zero-order valence-corrected chi connectivity index (χ0v) is 17.0. The van der Waals surface area contributed by atoms with Gasteiger partial charge < -0.3 is 10.1 Å². The van der Waals surface area contributed by atoms with Gasteiger partial charge >= 0.3 is 12.0 Å². The third-order valence-electron chi connectivity index (χ3n) is 2.87. The van der Waals surface area contributed by atoms with E-state index in [1.54, 1.807) is 26.8 Å². The van der Waals surface area contributed by atoms with Gasteiger partial charge in [0.05, 0.1) is 11.9 Å². The summed E-state index contributed by atoms with van der Waals surface area (Å²) < 4.78 is 29.4. The topological polar surface area (TPSA) is 122 Å². The Bertz CT molecular complexity index is 820. The molecule has 0 saturated heterocycles. The van der Waals surface area contributed by atoms with Crippen LogP contribution in [0.1, 0.15) is 20.8 Å². The summed E-state index contributed by atoms with van der Waals surface area (Å²) in [6.07, 6.45) is 0.921. The molecule has 0 spiro atoms. The van der Waals surface area contributed by atoms with Gasteiger partial charge in [-0.2, -0.15) is 0 Å². The van der Waals surface area contributed by atoms with Crippen LogP contribution in [-0.4, -0.2) is 51.3 Å². The van der Waals surface area contributed by atoms with Gasteiger partial charge in [0.2, 0.25) is 10.0 Å². The third-order valence-corrected chi connectivity index (χ3v) is 4.25. The van der Waals surface area contributed by atoms with Crippen molar-refractivity contribution >= 4 is 45.2 Å². The number of rotatable bonds is 6. The van der Waals surface area contributed by atoms with Gasteiger partial charge in [-0.25, -0.2) is 13.2 Å². The Morgan fingerprint density at radius 1 is 1.22 bits per heavy atom. The Hall–Kier alpha value is -2.33. The van der Waals surface area contributed by atoms with Crippen LogP contribution in [-0.2, 0) is 24.3 Å². The lowest BCUT2D eigenvalue weighted by Crippen LogP contribution is -2.49. The van der Waals surface area contributed by atoms with Crippen molar-refractivity contribution in [3.63, 3.8) is 0 Å². The van der Waals surface area contributed by atoms with Crippen LogP contribution in [0.3, 0.4) is 0 Å². The lowest BCUT2D eigenvalue weighted by molar-refractivity contribution is -0.146. The molecule has 0 aliphatic rings. The molecule has 1 aromatic rings. The molecule has 9 nitrogen and oxygen atoms in total. The fourth-order valence-corrected chi connectivity index (χ4v) is 2.90. The largest absolute Gasteiger partial charge is 0.454 e. The molecule has 2 N–H and O–H groups in total. The van der Waals surface area contributed by atoms with Gasteiger partial charge in [-0.15, -0.1) is 0 Å². The van der Waals surface area contributed by atoms with Crippen LogP contribution in [0.25, 0.3) is 0 Å². The molecule has 150 valence electrons. The first-order chi connectivity index (χ1) is 12.3. The highest BCUT2D eigenvalue weighted by Crippen LogP contribution is 2.21. The molecule has 0 fully saturated rings. The van der Waals surface area contributed by atoms with Crippen molar-refractivity contribution in [3.8, 4) is 0 Å². The fourth-order valence-electron chi connectivity index (χ4n) is 1.87.